The second-order valence-corrected chi connectivity index (χ2v) is 7.07. The van der Waals surface area contributed by atoms with Crippen LogP contribution in [0.4, 0.5) is 0 Å². The third kappa shape index (κ3) is 3.73. The van der Waals surface area contributed by atoms with Crippen LogP contribution in [0, 0.1) is 11.8 Å². The number of carboxylic acids is 1. The number of carboxylic acid groups (broad SMARTS) is 1. The lowest BCUT2D eigenvalue weighted by Gasteiger charge is -2.42. The molecule has 4 nitrogen and oxygen atoms in total. The first-order valence-corrected chi connectivity index (χ1v) is 8.42. The molecule has 3 fully saturated rings. The molecule has 1 saturated heterocycles. The van der Waals surface area contributed by atoms with E-state index in [1.165, 1.54) is 44.9 Å². The van der Waals surface area contributed by atoms with Gasteiger partial charge in [-0.2, -0.15) is 0 Å². The molecule has 0 spiro atoms. The van der Waals surface area contributed by atoms with Gasteiger partial charge in [0.1, 0.15) is 0 Å². The number of likely N-dealkylation sites (tertiary alicyclic amines) is 1. The summed E-state index contributed by atoms with van der Waals surface area (Å²) < 4.78 is 0. The third-order valence-electron chi connectivity index (χ3n) is 5.31. The molecule has 20 heavy (non-hydrogen) atoms. The van der Waals surface area contributed by atoms with E-state index in [4.69, 9.17) is 0 Å². The quantitative estimate of drug-likeness (QED) is 0.810. The number of nitrogens with zero attached hydrogens (tertiary/aromatic N) is 1. The average molecular weight is 280 g/mol. The Bertz CT molecular complexity index is 337. The van der Waals surface area contributed by atoms with Gasteiger partial charge >= 0.3 is 5.97 Å². The zero-order chi connectivity index (χ0) is 13.9. The van der Waals surface area contributed by atoms with E-state index in [9.17, 15) is 9.90 Å². The summed E-state index contributed by atoms with van der Waals surface area (Å²) in [5.74, 6) is 0.0782. The first-order valence-electron chi connectivity index (χ1n) is 8.42. The Hall–Kier alpha value is -0.610. The molecule has 1 aliphatic heterocycles. The van der Waals surface area contributed by atoms with Crippen molar-refractivity contribution in [2.75, 3.05) is 19.6 Å². The van der Waals surface area contributed by atoms with Gasteiger partial charge in [0.05, 0.1) is 5.92 Å². The van der Waals surface area contributed by atoms with E-state index in [1.807, 2.05) is 0 Å². The number of aliphatic carboxylic acids is 1. The Morgan fingerprint density at radius 3 is 2.50 bits per heavy atom. The zero-order valence-corrected chi connectivity index (χ0v) is 12.4. The Balaban J connectivity index is 1.57. The topological polar surface area (TPSA) is 52.6 Å². The zero-order valence-electron chi connectivity index (χ0n) is 12.4. The minimum absolute atomic E-state index is 0.178. The van der Waals surface area contributed by atoms with Crippen molar-refractivity contribution in [3.05, 3.63) is 0 Å². The first-order chi connectivity index (χ1) is 9.72. The fraction of sp³-hybridized carbons (Fsp3) is 0.938. The Labute approximate surface area is 121 Å². The Morgan fingerprint density at radius 2 is 1.85 bits per heavy atom. The van der Waals surface area contributed by atoms with Gasteiger partial charge in [0.25, 0.3) is 0 Å². The van der Waals surface area contributed by atoms with E-state index in [0.717, 1.165) is 32.0 Å². The highest BCUT2D eigenvalue weighted by Gasteiger charge is 2.35. The predicted molar refractivity (Wildman–Crippen MR) is 78.7 cm³/mol. The Morgan fingerprint density at radius 1 is 1.10 bits per heavy atom. The molecule has 2 aliphatic carbocycles. The van der Waals surface area contributed by atoms with E-state index >= 15 is 0 Å². The van der Waals surface area contributed by atoms with Crippen LogP contribution in [0.25, 0.3) is 0 Å². The predicted octanol–water partition coefficient (Wildman–Crippen LogP) is 2.09. The molecule has 0 radical (unpaired) electrons. The van der Waals surface area contributed by atoms with E-state index in [0.29, 0.717) is 12.1 Å². The smallest absolute Gasteiger partial charge is 0.307 e. The highest BCUT2D eigenvalue weighted by Crippen LogP contribution is 2.30. The van der Waals surface area contributed by atoms with Crippen LogP contribution in [-0.4, -0.2) is 47.7 Å². The van der Waals surface area contributed by atoms with Gasteiger partial charge in [-0.15, -0.1) is 0 Å². The normalized spacial score (nSPS) is 33.2. The van der Waals surface area contributed by atoms with E-state index in [1.54, 1.807) is 0 Å². The summed E-state index contributed by atoms with van der Waals surface area (Å²) in [6.07, 6.45) is 10.0. The van der Waals surface area contributed by atoms with Crippen LogP contribution >= 0.6 is 0 Å². The molecule has 0 aromatic heterocycles. The second-order valence-electron chi connectivity index (χ2n) is 7.07. The molecule has 0 aromatic rings. The van der Waals surface area contributed by atoms with Crippen molar-refractivity contribution in [2.24, 2.45) is 11.8 Å². The second kappa shape index (κ2) is 6.44. The number of rotatable bonds is 5. The molecule has 114 valence electrons. The molecular formula is C16H28N2O2. The van der Waals surface area contributed by atoms with Crippen LogP contribution in [0.5, 0.6) is 0 Å². The van der Waals surface area contributed by atoms with Crippen LogP contribution < -0.4 is 5.32 Å². The van der Waals surface area contributed by atoms with E-state index in [-0.39, 0.29) is 5.92 Å². The average Bonchev–Trinajstić information content (AvgIpc) is 3.30. The van der Waals surface area contributed by atoms with Crippen molar-refractivity contribution < 1.29 is 9.90 Å². The highest BCUT2D eigenvalue weighted by atomic mass is 16.4. The van der Waals surface area contributed by atoms with Gasteiger partial charge in [-0.25, -0.2) is 0 Å². The Kier molecular flexibility index (Phi) is 4.61. The fourth-order valence-corrected chi connectivity index (χ4v) is 3.86. The van der Waals surface area contributed by atoms with E-state index in [2.05, 4.69) is 10.2 Å². The SMILES string of the molecule is O=C(O)C1CC(NCC2CC2)CN(C2CCCCC2)C1. The van der Waals surface area contributed by atoms with Crippen LogP contribution in [0.15, 0.2) is 0 Å². The highest BCUT2D eigenvalue weighted by molar-refractivity contribution is 5.70. The van der Waals surface area contributed by atoms with Gasteiger partial charge in [0.15, 0.2) is 0 Å². The summed E-state index contributed by atoms with van der Waals surface area (Å²) in [4.78, 5) is 13.9. The molecule has 2 atom stereocenters. The molecule has 0 aromatic carbocycles. The maximum Gasteiger partial charge on any atom is 0.307 e. The maximum absolute atomic E-state index is 11.4. The number of nitrogens with one attached hydrogen (secondary N) is 1. The summed E-state index contributed by atoms with van der Waals surface area (Å²) in [6, 6.07) is 1.02. The minimum Gasteiger partial charge on any atom is -0.481 e. The number of piperidine rings is 1. The number of hydrogen-bond donors (Lipinski definition) is 2. The summed E-state index contributed by atoms with van der Waals surface area (Å²) in [6.45, 7) is 2.91. The van der Waals surface area contributed by atoms with Crippen LogP contribution in [0.3, 0.4) is 0 Å². The van der Waals surface area contributed by atoms with Crippen LogP contribution in [-0.2, 0) is 4.79 Å². The van der Waals surface area contributed by atoms with Crippen molar-refractivity contribution in [3.63, 3.8) is 0 Å². The summed E-state index contributed by atoms with van der Waals surface area (Å²) in [5.41, 5.74) is 0. The largest absolute Gasteiger partial charge is 0.481 e. The van der Waals surface area contributed by atoms with Gasteiger partial charge in [0, 0.05) is 25.2 Å². The molecule has 0 amide bonds. The molecule has 2 saturated carbocycles. The van der Waals surface area contributed by atoms with Gasteiger partial charge in [-0.05, 0) is 44.6 Å². The van der Waals surface area contributed by atoms with Gasteiger partial charge in [-0.3, -0.25) is 9.69 Å². The summed E-state index contributed by atoms with van der Waals surface area (Å²) >= 11 is 0. The summed E-state index contributed by atoms with van der Waals surface area (Å²) in [7, 11) is 0. The minimum atomic E-state index is -0.608. The van der Waals surface area contributed by atoms with Gasteiger partial charge in [-0.1, -0.05) is 19.3 Å². The van der Waals surface area contributed by atoms with Gasteiger partial charge in [0.2, 0.25) is 0 Å². The third-order valence-corrected chi connectivity index (χ3v) is 5.31. The molecule has 3 rings (SSSR count). The van der Waals surface area contributed by atoms with Crippen molar-refractivity contribution >= 4 is 5.97 Å². The van der Waals surface area contributed by atoms with Crippen molar-refractivity contribution in [3.8, 4) is 0 Å². The number of carbonyl (C=O) groups is 1. The summed E-state index contributed by atoms with van der Waals surface area (Å²) in [5, 5.41) is 13.0. The number of hydrogen-bond acceptors (Lipinski definition) is 3. The molecule has 1 heterocycles. The van der Waals surface area contributed by atoms with Crippen molar-refractivity contribution in [2.45, 2.75) is 63.5 Å². The lowest BCUT2D eigenvalue weighted by molar-refractivity contribution is -0.144. The van der Waals surface area contributed by atoms with Gasteiger partial charge < -0.3 is 10.4 Å². The van der Waals surface area contributed by atoms with Crippen molar-refractivity contribution in [1.29, 1.82) is 0 Å². The first kappa shape index (κ1) is 14.3. The fourth-order valence-electron chi connectivity index (χ4n) is 3.86. The molecule has 2 N–H and O–H groups in total. The monoisotopic (exact) mass is 280 g/mol. The molecule has 0 bridgehead atoms. The lowest BCUT2D eigenvalue weighted by Crippen LogP contribution is -2.54. The van der Waals surface area contributed by atoms with E-state index < -0.39 is 5.97 Å². The van der Waals surface area contributed by atoms with Crippen LogP contribution in [0.2, 0.25) is 0 Å². The standard InChI is InChI=1S/C16H28N2O2/c19-16(20)13-8-14(17-9-12-6-7-12)11-18(10-13)15-4-2-1-3-5-15/h12-15,17H,1-11H2,(H,19,20). The maximum atomic E-state index is 11.4. The van der Waals surface area contributed by atoms with Crippen molar-refractivity contribution in [1.82, 2.24) is 10.2 Å². The molecule has 3 aliphatic rings. The van der Waals surface area contributed by atoms with Crippen LogP contribution in [0.1, 0.15) is 51.4 Å². The lowest BCUT2D eigenvalue weighted by atomic mass is 9.88. The molecule has 2 unspecified atom stereocenters. The molecular weight excluding hydrogens is 252 g/mol. The molecule has 4 heteroatoms.